The Morgan fingerprint density at radius 2 is 1.72 bits per heavy atom. The van der Waals surface area contributed by atoms with Crippen LogP contribution in [0.5, 0.6) is 0 Å². The molecule has 0 aromatic heterocycles. The largest absolute Gasteiger partial charge is 0.450 e. The summed E-state index contributed by atoms with van der Waals surface area (Å²) in [6, 6.07) is 0. The SMILES string of the molecule is COC[C@@](C)(CNC(=O)C(C)(C)OC(C)=O)OC. The molecule has 6 nitrogen and oxygen atoms in total. The fourth-order valence-corrected chi connectivity index (χ4v) is 1.37. The molecule has 0 aromatic rings. The van der Waals surface area contributed by atoms with Crippen molar-refractivity contribution in [3.8, 4) is 0 Å². The summed E-state index contributed by atoms with van der Waals surface area (Å²) in [5.41, 5.74) is -1.82. The van der Waals surface area contributed by atoms with Crippen LogP contribution in [0.3, 0.4) is 0 Å². The molecule has 0 aromatic carbocycles. The van der Waals surface area contributed by atoms with Crippen molar-refractivity contribution in [3.05, 3.63) is 0 Å². The quantitative estimate of drug-likeness (QED) is 0.675. The van der Waals surface area contributed by atoms with Gasteiger partial charge < -0.3 is 19.5 Å². The van der Waals surface area contributed by atoms with Gasteiger partial charge in [0, 0.05) is 27.7 Å². The first-order valence-corrected chi connectivity index (χ1v) is 5.69. The predicted octanol–water partition coefficient (Wildman–Crippen LogP) is 0.496. The van der Waals surface area contributed by atoms with Crippen molar-refractivity contribution in [1.82, 2.24) is 5.32 Å². The van der Waals surface area contributed by atoms with Gasteiger partial charge in [-0.3, -0.25) is 9.59 Å². The van der Waals surface area contributed by atoms with E-state index in [0.29, 0.717) is 6.61 Å². The topological polar surface area (TPSA) is 73.9 Å². The molecule has 0 heterocycles. The summed E-state index contributed by atoms with van der Waals surface area (Å²) < 4.78 is 15.2. The zero-order valence-electron chi connectivity index (χ0n) is 12.0. The van der Waals surface area contributed by atoms with Crippen molar-refractivity contribution < 1.29 is 23.8 Å². The van der Waals surface area contributed by atoms with Crippen LogP contribution in [0.2, 0.25) is 0 Å². The van der Waals surface area contributed by atoms with E-state index in [4.69, 9.17) is 14.2 Å². The molecule has 0 bridgehead atoms. The molecular weight excluding hydrogens is 238 g/mol. The number of nitrogens with one attached hydrogen (secondary N) is 1. The standard InChI is InChI=1S/C12H23NO5/c1-9(14)18-11(2,3)10(15)13-7-12(4,17-6)8-16-5/h7-8H2,1-6H3,(H,13,15)/t12-/m1/s1. The number of methoxy groups -OCH3 is 2. The maximum absolute atomic E-state index is 11.9. The van der Waals surface area contributed by atoms with Gasteiger partial charge in [-0.1, -0.05) is 0 Å². The van der Waals surface area contributed by atoms with E-state index < -0.39 is 17.2 Å². The van der Waals surface area contributed by atoms with Gasteiger partial charge in [0.2, 0.25) is 0 Å². The molecular formula is C12H23NO5. The number of rotatable bonds is 7. The zero-order valence-corrected chi connectivity index (χ0v) is 12.0. The van der Waals surface area contributed by atoms with E-state index in [1.165, 1.54) is 20.8 Å². The number of amides is 1. The maximum Gasteiger partial charge on any atom is 0.303 e. The number of esters is 1. The molecule has 18 heavy (non-hydrogen) atoms. The fraction of sp³-hybridized carbons (Fsp3) is 0.833. The summed E-state index contributed by atoms with van der Waals surface area (Å²) >= 11 is 0. The molecule has 6 heteroatoms. The Bertz CT molecular complexity index is 303. The van der Waals surface area contributed by atoms with Crippen LogP contribution in [0.1, 0.15) is 27.7 Å². The van der Waals surface area contributed by atoms with E-state index in [0.717, 1.165) is 0 Å². The number of ether oxygens (including phenoxy) is 3. The molecule has 0 aliphatic carbocycles. The number of hydrogen-bond acceptors (Lipinski definition) is 5. The number of carbonyl (C=O) groups is 2. The Hall–Kier alpha value is -1.14. The van der Waals surface area contributed by atoms with Crippen LogP contribution in [0.15, 0.2) is 0 Å². The molecule has 0 saturated carbocycles. The molecule has 0 rings (SSSR count). The molecule has 0 saturated heterocycles. The molecule has 0 radical (unpaired) electrons. The van der Waals surface area contributed by atoms with Crippen LogP contribution in [0.25, 0.3) is 0 Å². The molecule has 1 atom stereocenters. The van der Waals surface area contributed by atoms with Crippen LogP contribution < -0.4 is 5.32 Å². The van der Waals surface area contributed by atoms with Gasteiger partial charge in [0.15, 0.2) is 5.60 Å². The molecule has 0 aliphatic heterocycles. The number of hydrogen-bond donors (Lipinski definition) is 1. The molecule has 1 amide bonds. The summed E-state index contributed by atoms with van der Waals surface area (Å²) in [5.74, 6) is -0.876. The van der Waals surface area contributed by atoms with Gasteiger partial charge >= 0.3 is 5.97 Å². The molecule has 1 N–H and O–H groups in total. The van der Waals surface area contributed by atoms with E-state index in [1.54, 1.807) is 14.2 Å². The van der Waals surface area contributed by atoms with Crippen molar-refractivity contribution in [3.63, 3.8) is 0 Å². The first kappa shape index (κ1) is 16.9. The first-order valence-electron chi connectivity index (χ1n) is 5.69. The first-order chi connectivity index (χ1) is 8.17. The van der Waals surface area contributed by atoms with E-state index in [9.17, 15) is 9.59 Å². The summed E-state index contributed by atoms with van der Waals surface area (Å²) in [5, 5.41) is 2.68. The third kappa shape index (κ3) is 5.46. The second-order valence-corrected chi connectivity index (χ2v) is 4.87. The van der Waals surface area contributed by atoms with E-state index >= 15 is 0 Å². The molecule has 0 fully saturated rings. The van der Waals surface area contributed by atoms with Gasteiger partial charge in [0.25, 0.3) is 5.91 Å². The van der Waals surface area contributed by atoms with Crippen molar-refractivity contribution in [2.24, 2.45) is 0 Å². The monoisotopic (exact) mass is 261 g/mol. The maximum atomic E-state index is 11.9. The minimum atomic E-state index is -1.20. The lowest BCUT2D eigenvalue weighted by Gasteiger charge is -2.30. The average Bonchev–Trinajstić information content (AvgIpc) is 2.24. The third-order valence-electron chi connectivity index (χ3n) is 2.51. The Morgan fingerprint density at radius 1 is 1.17 bits per heavy atom. The summed E-state index contributed by atoms with van der Waals surface area (Å²) in [6.07, 6.45) is 0. The lowest BCUT2D eigenvalue weighted by molar-refractivity contribution is -0.163. The average molecular weight is 261 g/mol. The smallest absolute Gasteiger partial charge is 0.303 e. The van der Waals surface area contributed by atoms with Gasteiger partial charge in [0.05, 0.1) is 6.61 Å². The summed E-state index contributed by atoms with van der Waals surface area (Å²) in [7, 11) is 3.10. The highest BCUT2D eigenvalue weighted by atomic mass is 16.6. The van der Waals surface area contributed by atoms with Gasteiger partial charge in [-0.15, -0.1) is 0 Å². The zero-order chi connectivity index (χ0) is 14.4. The third-order valence-corrected chi connectivity index (χ3v) is 2.51. The van der Waals surface area contributed by atoms with Gasteiger partial charge in [-0.2, -0.15) is 0 Å². The Morgan fingerprint density at radius 3 is 2.11 bits per heavy atom. The van der Waals surface area contributed by atoms with E-state index in [2.05, 4.69) is 5.32 Å². The lowest BCUT2D eigenvalue weighted by Crippen LogP contribution is -2.51. The highest BCUT2D eigenvalue weighted by Crippen LogP contribution is 2.12. The normalized spacial score (nSPS) is 14.8. The lowest BCUT2D eigenvalue weighted by atomic mass is 10.1. The van der Waals surface area contributed by atoms with Crippen LogP contribution >= 0.6 is 0 Å². The highest BCUT2D eigenvalue weighted by Gasteiger charge is 2.33. The molecule has 0 aliphatic rings. The van der Waals surface area contributed by atoms with Crippen LogP contribution in [0, 0.1) is 0 Å². The minimum Gasteiger partial charge on any atom is -0.450 e. The van der Waals surface area contributed by atoms with Crippen LogP contribution in [-0.2, 0) is 23.8 Å². The van der Waals surface area contributed by atoms with Gasteiger partial charge in [0.1, 0.15) is 5.60 Å². The Balaban J connectivity index is 4.44. The van der Waals surface area contributed by atoms with Crippen molar-refractivity contribution in [1.29, 1.82) is 0 Å². The Labute approximate surface area is 108 Å². The van der Waals surface area contributed by atoms with E-state index in [1.807, 2.05) is 6.92 Å². The van der Waals surface area contributed by atoms with Crippen molar-refractivity contribution in [2.45, 2.75) is 38.9 Å². The van der Waals surface area contributed by atoms with E-state index in [-0.39, 0.29) is 12.5 Å². The summed E-state index contributed by atoms with van der Waals surface area (Å²) in [4.78, 5) is 22.8. The predicted molar refractivity (Wildman–Crippen MR) is 66.1 cm³/mol. The molecule has 0 unspecified atom stereocenters. The van der Waals surface area contributed by atoms with Crippen LogP contribution in [0.4, 0.5) is 0 Å². The second-order valence-electron chi connectivity index (χ2n) is 4.87. The highest BCUT2D eigenvalue weighted by molar-refractivity contribution is 5.86. The number of carbonyl (C=O) groups excluding carboxylic acids is 2. The fourth-order valence-electron chi connectivity index (χ4n) is 1.37. The molecule has 0 spiro atoms. The van der Waals surface area contributed by atoms with Crippen molar-refractivity contribution >= 4 is 11.9 Å². The minimum absolute atomic E-state index is 0.265. The Kier molecular flexibility index (Phi) is 6.28. The second kappa shape index (κ2) is 6.70. The summed E-state index contributed by atoms with van der Waals surface area (Å²) in [6.45, 7) is 6.75. The van der Waals surface area contributed by atoms with Gasteiger partial charge in [-0.05, 0) is 20.8 Å². The van der Waals surface area contributed by atoms with Gasteiger partial charge in [-0.25, -0.2) is 0 Å². The van der Waals surface area contributed by atoms with Crippen LogP contribution in [-0.4, -0.2) is 50.4 Å². The van der Waals surface area contributed by atoms with Crippen molar-refractivity contribution in [2.75, 3.05) is 27.4 Å². The molecule has 106 valence electrons.